The Kier molecular flexibility index (Phi) is 16.5. The fourth-order valence-electron chi connectivity index (χ4n) is 4.37. The van der Waals surface area contributed by atoms with Gasteiger partial charge in [0.25, 0.3) is 0 Å². The van der Waals surface area contributed by atoms with Gasteiger partial charge in [-0.25, -0.2) is 8.42 Å². The number of rotatable bonds is 20. The van der Waals surface area contributed by atoms with Gasteiger partial charge < -0.3 is 9.04 Å². The van der Waals surface area contributed by atoms with Crippen molar-refractivity contribution in [1.29, 1.82) is 0 Å². The van der Waals surface area contributed by atoms with Crippen LogP contribution in [0, 0.1) is 5.92 Å². The van der Waals surface area contributed by atoms with Crippen LogP contribution in [0.5, 0.6) is 0 Å². The van der Waals surface area contributed by atoms with Gasteiger partial charge in [-0.3, -0.25) is 0 Å². The maximum Gasteiger partial charge on any atom is 0.0950 e. The number of nitrogens with zero attached hydrogens (tertiary/aromatic N) is 1. The van der Waals surface area contributed by atoms with Gasteiger partial charge in [0.1, 0.15) is 0 Å². The number of hydrogen-bond donors (Lipinski definition) is 0. The van der Waals surface area contributed by atoms with Crippen LogP contribution in [0.1, 0.15) is 117 Å². The second kappa shape index (κ2) is 16.5. The SMILES string of the molecule is CCCCCCCCCCCCCCCCC(C)[N+](C)(C)CC(C)CS(=O)(=O)[O-]. The van der Waals surface area contributed by atoms with Gasteiger partial charge in [-0.15, -0.1) is 0 Å². The molecule has 0 radical (unpaired) electrons. The van der Waals surface area contributed by atoms with Gasteiger partial charge >= 0.3 is 0 Å². The van der Waals surface area contributed by atoms with E-state index in [4.69, 9.17) is 0 Å². The van der Waals surface area contributed by atoms with Gasteiger partial charge in [0, 0.05) is 11.7 Å². The van der Waals surface area contributed by atoms with Crippen LogP contribution in [0.3, 0.4) is 0 Å². The molecule has 0 aromatic rings. The van der Waals surface area contributed by atoms with Crippen molar-refractivity contribution < 1.29 is 17.5 Å². The fourth-order valence-corrected chi connectivity index (χ4v) is 5.17. The minimum absolute atomic E-state index is 0.0914. The van der Waals surface area contributed by atoms with Crippen molar-refractivity contribution in [3.05, 3.63) is 0 Å². The molecule has 5 heteroatoms. The Hall–Kier alpha value is -0.130. The molecule has 2 unspecified atom stereocenters. The summed E-state index contributed by atoms with van der Waals surface area (Å²) >= 11 is 0. The second-order valence-corrected chi connectivity index (χ2v) is 11.5. The summed E-state index contributed by atoms with van der Waals surface area (Å²) in [4.78, 5) is 0. The monoisotopic (exact) mass is 433 g/mol. The van der Waals surface area contributed by atoms with E-state index in [1.54, 1.807) is 0 Å². The number of hydrogen-bond acceptors (Lipinski definition) is 3. The van der Waals surface area contributed by atoms with E-state index in [2.05, 4.69) is 27.9 Å². The summed E-state index contributed by atoms with van der Waals surface area (Å²) in [6.07, 6.45) is 20.5. The molecule has 0 heterocycles. The third kappa shape index (κ3) is 18.4. The lowest BCUT2D eigenvalue weighted by Crippen LogP contribution is -2.50. The second-order valence-electron chi connectivity index (χ2n) is 10.0. The van der Waals surface area contributed by atoms with Gasteiger partial charge in [0.05, 0.1) is 36.8 Å². The number of unbranched alkanes of at least 4 members (excludes halogenated alkanes) is 13. The zero-order valence-corrected chi connectivity index (χ0v) is 21.1. The Labute approximate surface area is 183 Å². The molecule has 0 rings (SSSR count). The summed E-state index contributed by atoms with van der Waals surface area (Å²) in [6.45, 7) is 7.13. The van der Waals surface area contributed by atoms with Crippen molar-refractivity contribution in [3.8, 4) is 0 Å². The largest absolute Gasteiger partial charge is 0.748 e. The third-order valence-corrected chi connectivity index (χ3v) is 7.42. The van der Waals surface area contributed by atoms with Gasteiger partial charge in [-0.05, 0) is 19.8 Å². The molecule has 176 valence electrons. The summed E-state index contributed by atoms with van der Waals surface area (Å²) in [6, 6.07) is 0.490. The van der Waals surface area contributed by atoms with E-state index in [0.717, 1.165) is 11.0 Å². The highest BCUT2D eigenvalue weighted by Gasteiger charge is 2.26. The van der Waals surface area contributed by atoms with Crippen LogP contribution in [0.15, 0.2) is 0 Å². The summed E-state index contributed by atoms with van der Waals surface area (Å²) in [7, 11) is 0.186. The van der Waals surface area contributed by atoms with E-state index in [1.807, 2.05) is 6.92 Å². The van der Waals surface area contributed by atoms with Crippen LogP contribution in [0.4, 0.5) is 0 Å². The molecule has 0 fully saturated rings. The minimum atomic E-state index is -4.12. The van der Waals surface area contributed by atoms with Crippen LogP contribution in [0.2, 0.25) is 0 Å². The molecule has 0 saturated heterocycles. The van der Waals surface area contributed by atoms with Crippen molar-refractivity contribution in [3.63, 3.8) is 0 Å². The van der Waals surface area contributed by atoms with Crippen molar-refractivity contribution in [2.45, 2.75) is 123 Å². The average molecular weight is 434 g/mol. The zero-order valence-electron chi connectivity index (χ0n) is 20.3. The molecule has 0 aromatic carbocycles. The quantitative estimate of drug-likeness (QED) is 0.125. The lowest BCUT2D eigenvalue weighted by atomic mass is 10.0. The smallest absolute Gasteiger partial charge is 0.0950 e. The molecule has 0 aliphatic carbocycles. The van der Waals surface area contributed by atoms with Gasteiger partial charge in [0.2, 0.25) is 0 Å². The van der Waals surface area contributed by atoms with E-state index in [9.17, 15) is 13.0 Å². The molecule has 0 aliphatic rings. The van der Waals surface area contributed by atoms with Crippen LogP contribution in [-0.2, 0) is 10.1 Å². The predicted molar refractivity (Wildman–Crippen MR) is 125 cm³/mol. The summed E-state index contributed by atoms with van der Waals surface area (Å²) < 4.78 is 33.6. The molecular formula is C24H51NO3S. The molecule has 4 nitrogen and oxygen atoms in total. The molecular weight excluding hydrogens is 382 g/mol. The van der Waals surface area contributed by atoms with Gasteiger partial charge in [-0.2, -0.15) is 0 Å². The first-order valence-electron chi connectivity index (χ1n) is 12.3. The van der Waals surface area contributed by atoms with Crippen molar-refractivity contribution in [1.82, 2.24) is 0 Å². The standard InChI is InChI=1S/C24H51NO3S/c1-6-7-8-9-10-11-12-13-14-15-16-17-18-19-20-24(3)25(4,5)21-23(2)22-29(26,27)28/h23-24H,6-22H2,1-5H3. The van der Waals surface area contributed by atoms with Crippen molar-refractivity contribution in [2.75, 3.05) is 26.4 Å². The van der Waals surface area contributed by atoms with Crippen molar-refractivity contribution in [2.24, 2.45) is 5.92 Å². The maximum absolute atomic E-state index is 11.0. The Morgan fingerprint density at radius 1 is 0.724 bits per heavy atom. The maximum atomic E-state index is 11.0. The summed E-state index contributed by atoms with van der Waals surface area (Å²) in [5, 5.41) is 0. The Bertz CT molecular complexity index is 477. The zero-order chi connectivity index (χ0) is 22.2. The predicted octanol–water partition coefficient (Wildman–Crippen LogP) is 6.50. The molecule has 0 bridgehead atoms. The molecule has 0 aliphatic heterocycles. The fraction of sp³-hybridized carbons (Fsp3) is 1.00. The van der Waals surface area contributed by atoms with E-state index in [1.165, 1.54) is 96.3 Å². The van der Waals surface area contributed by atoms with E-state index in [-0.39, 0.29) is 11.7 Å². The highest BCUT2D eigenvalue weighted by Crippen LogP contribution is 2.19. The molecule has 2 atom stereocenters. The van der Waals surface area contributed by atoms with Crippen LogP contribution < -0.4 is 0 Å². The highest BCUT2D eigenvalue weighted by molar-refractivity contribution is 7.85. The third-order valence-electron chi connectivity index (χ3n) is 6.44. The summed E-state index contributed by atoms with van der Waals surface area (Å²) in [5.74, 6) is -0.341. The van der Waals surface area contributed by atoms with Crippen LogP contribution in [0.25, 0.3) is 0 Å². The van der Waals surface area contributed by atoms with Crippen LogP contribution in [-0.4, -0.2) is 49.9 Å². The van der Waals surface area contributed by atoms with Crippen molar-refractivity contribution >= 4 is 10.1 Å². The average Bonchev–Trinajstić information content (AvgIpc) is 2.59. The topological polar surface area (TPSA) is 57.2 Å². The molecule has 0 saturated carbocycles. The Balaban J connectivity index is 3.62. The van der Waals surface area contributed by atoms with Gasteiger partial charge in [-0.1, -0.05) is 97.3 Å². The minimum Gasteiger partial charge on any atom is -0.748 e. The van der Waals surface area contributed by atoms with Gasteiger partial charge in [0.15, 0.2) is 0 Å². The first-order chi connectivity index (χ1) is 13.6. The Morgan fingerprint density at radius 3 is 1.48 bits per heavy atom. The summed E-state index contributed by atoms with van der Waals surface area (Å²) in [5.41, 5.74) is 0. The first kappa shape index (κ1) is 28.9. The van der Waals surface area contributed by atoms with E-state index in [0.29, 0.717) is 6.04 Å². The molecule has 0 spiro atoms. The van der Waals surface area contributed by atoms with E-state index < -0.39 is 10.1 Å². The normalized spacial score (nSPS) is 14.8. The van der Waals surface area contributed by atoms with E-state index >= 15 is 0 Å². The molecule has 0 N–H and O–H groups in total. The molecule has 29 heavy (non-hydrogen) atoms. The van der Waals surface area contributed by atoms with Crippen LogP contribution >= 0.6 is 0 Å². The molecule has 0 aromatic heterocycles. The highest BCUT2D eigenvalue weighted by atomic mass is 32.2. The first-order valence-corrected chi connectivity index (χ1v) is 13.9. The lowest BCUT2D eigenvalue weighted by molar-refractivity contribution is -0.916. The molecule has 0 amide bonds. The lowest BCUT2D eigenvalue weighted by Gasteiger charge is -2.38. The Morgan fingerprint density at radius 2 is 1.10 bits per heavy atom. The number of quaternary nitrogens is 1.